The summed E-state index contributed by atoms with van der Waals surface area (Å²) in [6, 6.07) is 19.1. The van der Waals surface area contributed by atoms with Crippen LogP contribution in [0.4, 0.5) is 0 Å². The molecule has 4 aromatic rings. The molecule has 0 atom stereocenters. The van der Waals surface area contributed by atoms with Gasteiger partial charge in [-0.15, -0.1) is 0 Å². The maximum absolute atomic E-state index is 12.1. The summed E-state index contributed by atoms with van der Waals surface area (Å²) in [6.45, 7) is 6.47. The fourth-order valence-electron chi connectivity index (χ4n) is 4.33. The van der Waals surface area contributed by atoms with E-state index >= 15 is 0 Å². The fraction of sp³-hybridized carbons (Fsp3) is 0.276. The molecular formula is C29H32N4O5. The number of carbonyl (C=O) groups excluding carboxylic acids is 1. The molecule has 0 saturated carbocycles. The van der Waals surface area contributed by atoms with Crippen molar-refractivity contribution < 1.29 is 24.2 Å². The third-order valence-electron chi connectivity index (χ3n) is 6.16. The number of esters is 1. The number of rotatable bonds is 10. The lowest BCUT2D eigenvalue weighted by atomic mass is 10.00. The van der Waals surface area contributed by atoms with Crippen LogP contribution >= 0.6 is 0 Å². The van der Waals surface area contributed by atoms with E-state index in [0.29, 0.717) is 23.7 Å². The van der Waals surface area contributed by atoms with Crippen molar-refractivity contribution >= 4 is 22.7 Å². The minimum absolute atomic E-state index is 0.132. The third kappa shape index (κ3) is 5.63. The van der Waals surface area contributed by atoms with Gasteiger partial charge in [-0.2, -0.15) is 5.10 Å². The number of nitrogens with one attached hydrogen (secondary N) is 2. The number of aromatic nitrogens is 2. The van der Waals surface area contributed by atoms with Gasteiger partial charge in [-0.1, -0.05) is 30.3 Å². The molecule has 0 saturated heterocycles. The van der Waals surface area contributed by atoms with Crippen molar-refractivity contribution in [3.05, 3.63) is 77.5 Å². The molecule has 1 aromatic heterocycles. The Kier molecular flexibility index (Phi) is 8.28. The maximum Gasteiger partial charge on any atom is 0.310 e. The first-order valence-corrected chi connectivity index (χ1v) is 12.4. The molecule has 1 heterocycles. The van der Waals surface area contributed by atoms with E-state index in [1.165, 1.54) is 7.11 Å². The number of hydrogen-bond acceptors (Lipinski definition) is 7. The van der Waals surface area contributed by atoms with Gasteiger partial charge in [-0.25, -0.2) is 0 Å². The molecule has 0 fully saturated rings. The van der Waals surface area contributed by atoms with Gasteiger partial charge in [0.1, 0.15) is 23.8 Å². The minimum atomic E-state index is -0.300. The van der Waals surface area contributed by atoms with Crippen LogP contribution in [-0.2, 0) is 22.6 Å². The Bertz CT molecular complexity index is 1460. The lowest BCUT2D eigenvalue weighted by Gasteiger charge is -2.12. The molecule has 9 nitrogen and oxygen atoms in total. The first kappa shape index (κ1) is 26.7. The topological polar surface area (TPSA) is 119 Å². The monoisotopic (exact) mass is 516 g/mol. The van der Waals surface area contributed by atoms with E-state index in [2.05, 4.69) is 13.8 Å². The van der Waals surface area contributed by atoms with Crippen molar-refractivity contribution in [1.82, 2.24) is 15.3 Å². The molecule has 0 unspecified atom stereocenters. The molecule has 9 heteroatoms. The number of benzene rings is 3. The summed E-state index contributed by atoms with van der Waals surface area (Å²) in [5.41, 5.74) is 6.59. The van der Waals surface area contributed by atoms with Gasteiger partial charge in [-0.05, 0) is 62.2 Å². The predicted molar refractivity (Wildman–Crippen MR) is 145 cm³/mol. The van der Waals surface area contributed by atoms with E-state index in [1.807, 2.05) is 58.7 Å². The summed E-state index contributed by atoms with van der Waals surface area (Å²) in [7, 11) is 1.52. The van der Waals surface area contributed by atoms with E-state index in [0.717, 1.165) is 33.3 Å². The first-order chi connectivity index (χ1) is 18.4. The molecule has 3 N–H and O–H groups in total. The molecule has 0 spiro atoms. The minimum Gasteiger partial charge on any atom is -0.496 e. The van der Waals surface area contributed by atoms with Crippen molar-refractivity contribution in [2.75, 3.05) is 13.7 Å². The second kappa shape index (κ2) is 11.8. The highest BCUT2D eigenvalue weighted by molar-refractivity contribution is 5.99. The molecule has 0 radical (unpaired) electrons. The zero-order chi connectivity index (χ0) is 27.2. The predicted octanol–water partition coefficient (Wildman–Crippen LogP) is 5.28. The molecule has 0 bridgehead atoms. The fourth-order valence-corrected chi connectivity index (χ4v) is 4.33. The van der Waals surface area contributed by atoms with Crippen molar-refractivity contribution in [2.24, 2.45) is 0 Å². The zero-order valence-corrected chi connectivity index (χ0v) is 21.9. The number of para-hydroxylation sites is 1. The van der Waals surface area contributed by atoms with Crippen LogP contribution < -0.4 is 15.0 Å². The van der Waals surface area contributed by atoms with Gasteiger partial charge in [0, 0.05) is 17.0 Å². The van der Waals surface area contributed by atoms with E-state index < -0.39 is 0 Å². The number of hydrogen-bond donors (Lipinski definition) is 3. The molecule has 0 amide bonds. The average Bonchev–Trinajstić information content (AvgIpc) is 3.30. The second-order valence-electron chi connectivity index (χ2n) is 9.00. The molecular weight excluding hydrogens is 484 g/mol. The van der Waals surface area contributed by atoms with E-state index in [4.69, 9.17) is 24.7 Å². The highest BCUT2D eigenvalue weighted by Gasteiger charge is 2.17. The van der Waals surface area contributed by atoms with E-state index in [9.17, 15) is 10.0 Å². The van der Waals surface area contributed by atoms with Crippen molar-refractivity contribution in [1.29, 1.82) is 5.41 Å². The standard InChI is InChI=1S/C29H32N4O5/c1-5-37-28(34)16-21-8-6-7-9-26(21)38-17-24-22-14-19(10-12-25(22)33(31-24)18(2)3)20-11-13-27(36-4)23(15-20)29(30)32-35/h6-15,18,35H,5,16-17H2,1-4H3,(H2,30,32). The number of methoxy groups -OCH3 is 1. The number of amidine groups is 1. The summed E-state index contributed by atoms with van der Waals surface area (Å²) >= 11 is 0. The Balaban J connectivity index is 1.70. The number of nitrogens with zero attached hydrogens (tertiary/aromatic N) is 2. The molecule has 0 aliphatic carbocycles. The Labute approximate surface area is 221 Å². The lowest BCUT2D eigenvalue weighted by molar-refractivity contribution is -0.142. The lowest BCUT2D eigenvalue weighted by Crippen LogP contribution is -2.19. The van der Waals surface area contributed by atoms with Gasteiger partial charge < -0.3 is 14.2 Å². The van der Waals surface area contributed by atoms with Crippen LogP contribution in [0, 0.1) is 5.41 Å². The molecule has 38 heavy (non-hydrogen) atoms. The maximum atomic E-state index is 12.1. The van der Waals surface area contributed by atoms with Crippen LogP contribution in [0.25, 0.3) is 22.0 Å². The molecule has 0 aliphatic heterocycles. The number of fused-ring (bicyclic) bond motifs is 1. The van der Waals surface area contributed by atoms with Gasteiger partial charge in [0.25, 0.3) is 0 Å². The van der Waals surface area contributed by atoms with E-state index in [-0.39, 0.29) is 30.9 Å². The summed E-state index contributed by atoms with van der Waals surface area (Å²) in [4.78, 5) is 12.1. The molecule has 0 aliphatic rings. The highest BCUT2D eigenvalue weighted by atomic mass is 16.5. The smallest absolute Gasteiger partial charge is 0.310 e. The molecule has 3 aromatic carbocycles. The summed E-state index contributed by atoms with van der Waals surface area (Å²) < 4.78 is 18.6. The van der Waals surface area contributed by atoms with Crippen molar-refractivity contribution in [3.8, 4) is 22.6 Å². The highest BCUT2D eigenvalue weighted by Crippen LogP contribution is 2.32. The Hall–Kier alpha value is -4.37. The molecule has 198 valence electrons. The van der Waals surface area contributed by atoms with Crippen LogP contribution in [0.5, 0.6) is 11.5 Å². The van der Waals surface area contributed by atoms with E-state index in [1.54, 1.807) is 19.1 Å². The first-order valence-electron chi connectivity index (χ1n) is 12.4. The second-order valence-corrected chi connectivity index (χ2v) is 9.00. The Morgan fingerprint density at radius 1 is 1.08 bits per heavy atom. The Morgan fingerprint density at radius 3 is 2.53 bits per heavy atom. The SMILES string of the molecule is CCOC(=O)Cc1ccccc1OCc1nn(C(C)C)c2ccc(-c3ccc(OC)c(C(=N)NO)c3)cc12. The number of carbonyl (C=O) groups is 1. The Morgan fingerprint density at radius 2 is 1.82 bits per heavy atom. The molecule has 4 rings (SSSR count). The van der Waals surface area contributed by atoms with Crippen LogP contribution in [0.2, 0.25) is 0 Å². The van der Waals surface area contributed by atoms with Crippen LogP contribution in [0.3, 0.4) is 0 Å². The zero-order valence-electron chi connectivity index (χ0n) is 21.9. The van der Waals surface area contributed by atoms with Crippen molar-refractivity contribution in [2.45, 2.75) is 39.8 Å². The van der Waals surface area contributed by atoms with Gasteiger partial charge in [0.05, 0.1) is 31.2 Å². The largest absolute Gasteiger partial charge is 0.496 e. The summed E-state index contributed by atoms with van der Waals surface area (Å²) in [6.07, 6.45) is 0.132. The number of ether oxygens (including phenoxy) is 3. The third-order valence-corrected chi connectivity index (χ3v) is 6.16. The normalized spacial score (nSPS) is 11.0. The van der Waals surface area contributed by atoms with Crippen molar-refractivity contribution in [3.63, 3.8) is 0 Å². The number of hydroxylamine groups is 1. The van der Waals surface area contributed by atoms with Gasteiger partial charge >= 0.3 is 5.97 Å². The van der Waals surface area contributed by atoms with Gasteiger partial charge in [-0.3, -0.25) is 25.6 Å². The van der Waals surface area contributed by atoms with Crippen LogP contribution in [-0.4, -0.2) is 40.5 Å². The van der Waals surface area contributed by atoms with Crippen LogP contribution in [0.1, 0.15) is 43.6 Å². The van der Waals surface area contributed by atoms with Gasteiger partial charge in [0.2, 0.25) is 0 Å². The summed E-state index contributed by atoms with van der Waals surface area (Å²) in [5, 5.41) is 23.1. The summed E-state index contributed by atoms with van der Waals surface area (Å²) in [5.74, 6) is 0.627. The quantitative estimate of drug-likeness (QED) is 0.114. The van der Waals surface area contributed by atoms with Gasteiger partial charge in [0.15, 0.2) is 5.84 Å². The van der Waals surface area contributed by atoms with Crippen LogP contribution in [0.15, 0.2) is 60.7 Å². The average molecular weight is 517 g/mol.